The van der Waals surface area contributed by atoms with E-state index in [1.807, 2.05) is 18.8 Å². The molecule has 0 atom stereocenters. The lowest BCUT2D eigenvalue weighted by molar-refractivity contribution is 0.1000. The van der Waals surface area contributed by atoms with Crippen molar-refractivity contribution in [1.29, 1.82) is 0 Å². The van der Waals surface area contributed by atoms with Crippen molar-refractivity contribution in [2.24, 2.45) is 0 Å². The number of hydrogen-bond donors (Lipinski definition) is 1. The van der Waals surface area contributed by atoms with E-state index in [9.17, 15) is 0 Å². The van der Waals surface area contributed by atoms with Crippen molar-refractivity contribution in [2.45, 2.75) is 30.4 Å². The van der Waals surface area contributed by atoms with Crippen LogP contribution in [0, 0.1) is 0 Å². The zero-order valence-electron chi connectivity index (χ0n) is 9.70. The third kappa shape index (κ3) is 3.54. The second kappa shape index (κ2) is 6.33. The van der Waals surface area contributed by atoms with E-state index in [1.54, 1.807) is 0 Å². The predicted octanol–water partition coefficient (Wildman–Crippen LogP) is 2.41. The number of hydrogen-bond acceptors (Lipinski definition) is 4. The van der Waals surface area contributed by atoms with Gasteiger partial charge in [0.05, 0.1) is 12.3 Å². The summed E-state index contributed by atoms with van der Waals surface area (Å²) in [5.74, 6) is 3.08. The molecular formula is C12H19NO2S. The molecule has 0 aromatic carbocycles. The van der Waals surface area contributed by atoms with Gasteiger partial charge in [0.15, 0.2) is 0 Å². The molecule has 1 aliphatic rings. The molecule has 0 amide bonds. The van der Waals surface area contributed by atoms with E-state index in [0.717, 1.165) is 42.3 Å². The highest BCUT2D eigenvalue weighted by Gasteiger charge is 2.14. The van der Waals surface area contributed by atoms with Gasteiger partial charge >= 0.3 is 0 Å². The highest BCUT2D eigenvalue weighted by atomic mass is 32.2. The van der Waals surface area contributed by atoms with Crippen LogP contribution in [-0.2, 0) is 17.0 Å². The van der Waals surface area contributed by atoms with Crippen LogP contribution < -0.4 is 5.32 Å². The third-order valence-electron chi connectivity index (χ3n) is 2.70. The molecule has 0 radical (unpaired) electrons. The molecule has 0 bridgehead atoms. The van der Waals surface area contributed by atoms with E-state index in [1.165, 1.54) is 12.8 Å². The van der Waals surface area contributed by atoms with Crippen LogP contribution in [0.25, 0.3) is 0 Å². The van der Waals surface area contributed by atoms with Crippen LogP contribution in [0.3, 0.4) is 0 Å². The largest absolute Gasteiger partial charge is 0.464 e. The van der Waals surface area contributed by atoms with Crippen LogP contribution in [0.15, 0.2) is 16.5 Å². The number of ether oxygens (including phenoxy) is 1. The lowest BCUT2D eigenvalue weighted by Gasteiger charge is -2.20. The van der Waals surface area contributed by atoms with E-state index in [4.69, 9.17) is 9.15 Å². The molecular weight excluding hydrogens is 222 g/mol. The van der Waals surface area contributed by atoms with Crippen molar-refractivity contribution in [3.8, 4) is 0 Å². The highest BCUT2D eigenvalue weighted by molar-refractivity contribution is 7.99. The molecule has 1 aliphatic heterocycles. The maximum absolute atomic E-state index is 5.70. The van der Waals surface area contributed by atoms with Crippen molar-refractivity contribution in [2.75, 3.05) is 20.3 Å². The summed E-state index contributed by atoms with van der Waals surface area (Å²) in [7, 11) is 1.93. The van der Waals surface area contributed by atoms with Gasteiger partial charge in [-0.1, -0.05) is 0 Å². The number of nitrogens with one attached hydrogen (secondary N) is 1. The molecule has 2 heterocycles. The molecule has 16 heavy (non-hydrogen) atoms. The van der Waals surface area contributed by atoms with Gasteiger partial charge in [-0.25, -0.2) is 0 Å². The van der Waals surface area contributed by atoms with Crippen LogP contribution in [0.2, 0.25) is 0 Å². The number of thioether (sulfide) groups is 1. The molecule has 0 spiro atoms. The Hall–Kier alpha value is -0.450. The average molecular weight is 241 g/mol. The standard InChI is InChI=1S/C12H19NO2S/c1-13-8-10-2-3-11(15-10)9-16-12-4-6-14-7-5-12/h2-3,12-13H,4-9H2,1H3. The number of furan rings is 1. The van der Waals surface area contributed by atoms with Gasteiger partial charge < -0.3 is 14.5 Å². The molecule has 0 aliphatic carbocycles. The van der Waals surface area contributed by atoms with E-state index >= 15 is 0 Å². The summed E-state index contributed by atoms with van der Waals surface area (Å²) in [6.07, 6.45) is 2.35. The van der Waals surface area contributed by atoms with E-state index in [0.29, 0.717) is 0 Å². The van der Waals surface area contributed by atoms with Crippen LogP contribution in [0.1, 0.15) is 24.4 Å². The Labute approximate surface area is 101 Å². The molecule has 1 aromatic heterocycles. The lowest BCUT2D eigenvalue weighted by atomic mass is 10.2. The summed E-state index contributed by atoms with van der Waals surface area (Å²) in [5, 5.41) is 3.83. The Bertz CT molecular complexity index is 308. The van der Waals surface area contributed by atoms with Crippen molar-refractivity contribution in [3.05, 3.63) is 23.7 Å². The molecule has 90 valence electrons. The van der Waals surface area contributed by atoms with Crippen LogP contribution in [0.5, 0.6) is 0 Å². The van der Waals surface area contributed by atoms with Gasteiger partial charge in [-0.15, -0.1) is 0 Å². The van der Waals surface area contributed by atoms with Gasteiger partial charge in [-0.2, -0.15) is 11.8 Å². The second-order valence-corrected chi connectivity index (χ2v) is 5.31. The van der Waals surface area contributed by atoms with Gasteiger partial charge in [0.1, 0.15) is 11.5 Å². The van der Waals surface area contributed by atoms with Gasteiger partial charge in [0, 0.05) is 18.5 Å². The molecule has 1 saturated heterocycles. The summed E-state index contributed by atoms with van der Waals surface area (Å²) < 4.78 is 11.0. The minimum atomic E-state index is 0.742. The van der Waals surface area contributed by atoms with Gasteiger partial charge in [-0.05, 0) is 32.0 Å². The highest BCUT2D eigenvalue weighted by Crippen LogP contribution is 2.26. The number of rotatable bonds is 5. The van der Waals surface area contributed by atoms with Crippen LogP contribution in [0.4, 0.5) is 0 Å². The van der Waals surface area contributed by atoms with Crippen molar-refractivity contribution in [3.63, 3.8) is 0 Å². The summed E-state index contributed by atoms with van der Waals surface area (Å²) in [5.41, 5.74) is 0. The third-order valence-corrected chi connectivity index (χ3v) is 4.09. The van der Waals surface area contributed by atoms with Crippen molar-refractivity contribution < 1.29 is 9.15 Å². The molecule has 1 N–H and O–H groups in total. The Morgan fingerprint density at radius 1 is 1.31 bits per heavy atom. The monoisotopic (exact) mass is 241 g/mol. The first-order valence-electron chi connectivity index (χ1n) is 5.80. The van der Waals surface area contributed by atoms with Gasteiger partial charge in [-0.3, -0.25) is 0 Å². The molecule has 2 rings (SSSR count). The average Bonchev–Trinajstić information content (AvgIpc) is 2.76. The molecule has 1 fully saturated rings. The quantitative estimate of drug-likeness (QED) is 0.858. The minimum Gasteiger partial charge on any atom is -0.464 e. The first kappa shape index (κ1) is 12.0. The first-order chi connectivity index (χ1) is 7.88. The molecule has 0 saturated carbocycles. The summed E-state index contributed by atoms with van der Waals surface area (Å²) in [6.45, 7) is 2.64. The van der Waals surface area contributed by atoms with E-state index < -0.39 is 0 Å². The SMILES string of the molecule is CNCc1ccc(CSC2CCOCC2)o1. The Balaban J connectivity index is 1.75. The molecule has 4 heteroatoms. The smallest absolute Gasteiger partial charge is 0.117 e. The minimum absolute atomic E-state index is 0.742. The van der Waals surface area contributed by atoms with Crippen molar-refractivity contribution >= 4 is 11.8 Å². The second-order valence-electron chi connectivity index (χ2n) is 4.02. The topological polar surface area (TPSA) is 34.4 Å². The fourth-order valence-electron chi connectivity index (χ4n) is 1.81. The van der Waals surface area contributed by atoms with Crippen LogP contribution >= 0.6 is 11.8 Å². The Morgan fingerprint density at radius 2 is 2.06 bits per heavy atom. The lowest BCUT2D eigenvalue weighted by Crippen LogP contribution is -2.17. The zero-order valence-corrected chi connectivity index (χ0v) is 10.5. The van der Waals surface area contributed by atoms with E-state index in [-0.39, 0.29) is 0 Å². The predicted molar refractivity (Wildman–Crippen MR) is 66.6 cm³/mol. The van der Waals surface area contributed by atoms with Crippen LogP contribution in [-0.4, -0.2) is 25.5 Å². The van der Waals surface area contributed by atoms with E-state index in [2.05, 4.69) is 17.4 Å². The molecule has 0 unspecified atom stereocenters. The Morgan fingerprint density at radius 3 is 2.81 bits per heavy atom. The van der Waals surface area contributed by atoms with Gasteiger partial charge in [0.25, 0.3) is 0 Å². The Kier molecular flexibility index (Phi) is 4.75. The maximum atomic E-state index is 5.70. The maximum Gasteiger partial charge on any atom is 0.117 e. The zero-order chi connectivity index (χ0) is 11.2. The van der Waals surface area contributed by atoms with Gasteiger partial charge in [0.2, 0.25) is 0 Å². The first-order valence-corrected chi connectivity index (χ1v) is 6.85. The molecule has 3 nitrogen and oxygen atoms in total. The summed E-state index contributed by atoms with van der Waals surface area (Å²) in [6, 6.07) is 4.13. The normalized spacial score (nSPS) is 17.8. The fourth-order valence-corrected chi connectivity index (χ4v) is 2.89. The molecule has 1 aromatic rings. The summed E-state index contributed by atoms with van der Waals surface area (Å²) in [4.78, 5) is 0. The van der Waals surface area contributed by atoms with Crippen molar-refractivity contribution in [1.82, 2.24) is 5.32 Å². The summed E-state index contributed by atoms with van der Waals surface area (Å²) >= 11 is 1.99. The fraction of sp³-hybridized carbons (Fsp3) is 0.667.